The quantitative estimate of drug-likeness (QED) is 0.740. The number of aromatic nitrogens is 1. The van der Waals surface area contributed by atoms with Gasteiger partial charge in [-0.15, -0.1) is 0 Å². The summed E-state index contributed by atoms with van der Waals surface area (Å²) in [5.41, 5.74) is -0.796. The highest BCUT2D eigenvalue weighted by Gasteiger charge is 2.31. The lowest BCUT2D eigenvalue weighted by atomic mass is 10.3. The van der Waals surface area contributed by atoms with Crippen molar-refractivity contribution in [3.8, 4) is 5.75 Å². The molecule has 0 unspecified atom stereocenters. The summed E-state index contributed by atoms with van der Waals surface area (Å²) in [5.74, 6) is 0.134. The summed E-state index contributed by atoms with van der Waals surface area (Å²) >= 11 is 0. The summed E-state index contributed by atoms with van der Waals surface area (Å²) in [5, 5.41) is 0. The van der Waals surface area contributed by atoms with Gasteiger partial charge in [-0.1, -0.05) is 0 Å². The van der Waals surface area contributed by atoms with Crippen LogP contribution in [0.5, 0.6) is 5.75 Å². The Labute approximate surface area is 79.7 Å². The molecule has 1 heterocycles. The molecular formula is C9H10F3NO. The fourth-order valence-electron chi connectivity index (χ4n) is 0.910. The first-order chi connectivity index (χ1) is 6.39. The summed E-state index contributed by atoms with van der Waals surface area (Å²) in [4.78, 5) is 3.46. The summed E-state index contributed by atoms with van der Waals surface area (Å²) in [6, 6.07) is 0.938. The van der Waals surface area contributed by atoms with Crippen LogP contribution >= 0.6 is 0 Å². The van der Waals surface area contributed by atoms with E-state index in [2.05, 4.69) is 4.98 Å². The van der Waals surface area contributed by atoms with E-state index in [-0.39, 0.29) is 11.9 Å². The summed E-state index contributed by atoms with van der Waals surface area (Å²) in [7, 11) is 0. The van der Waals surface area contributed by atoms with Crippen LogP contribution in [0.3, 0.4) is 0 Å². The summed E-state index contributed by atoms with van der Waals surface area (Å²) in [6.45, 7) is 3.47. The van der Waals surface area contributed by atoms with Crippen molar-refractivity contribution in [3.63, 3.8) is 0 Å². The van der Waals surface area contributed by atoms with E-state index in [0.717, 1.165) is 12.3 Å². The highest BCUT2D eigenvalue weighted by atomic mass is 19.4. The maximum atomic E-state index is 12.2. The van der Waals surface area contributed by atoms with Gasteiger partial charge in [0.2, 0.25) is 0 Å². The molecule has 0 radical (unpaired) electrons. The van der Waals surface area contributed by atoms with Crippen LogP contribution in [0.25, 0.3) is 0 Å². The Morgan fingerprint density at radius 3 is 2.43 bits per heavy atom. The molecule has 0 spiro atoms. The Hall–Kier alpha value is -1.26. The lowest BCUT2D eigenvalue weighted by Gasteiger charge is -2.11. The Morgan fingerprint density at radius 2 is 1.93 bits per heavy atom. The second-order valence-electron chi connectivity index (χ2n) is 3.07. The van der Waals surface area contributed by atoms with Gasteiger partial charge < -0.3 is 4.74 Å². The van der Waals surface area contributed by atoms with Crippen molar-refractivity contribution in [1.82, 2.24) is 4.98 Å². The van der Waals surface area contributed by atoms with E-state index in [1.165, 1.54) is 6.20 Å². The smallest absolute Gasteiger partial charge is 0.418 e. The minimum atomic E-state index is -4.37. The molecule has 0 saturated heterocycles. The largest absolute Gasteiger partial charge is 0.489 e. The van der Waals surface area contributed by atoms with Crippen LogP contribution in [0.4, 0.5) is 13.2 Å². The second kappa shape index (κ2) is 3.86. The normalized spacial score (nSPS) is 11.9. The molecule has 2 nitrogen and oxygen atoms in total. The minimum absolute atomic E-state index is 0.134. The third-order valence-electron chi connectivity index (χ3n) is 1.41. The van der Waals surface area contributed by atoms with Gasteiger partial charge in [0.1, 0.15) is 5.75 Å². The van der Waals surface area contributed by atoms with Crippen LogP contribution in [-0.4, -0.2) is 11.1 Å². The molecule has 0 aliphatic rings. The van der Waals surface area contributed by atoms with Gasteiger partial charge in [0, 0.05) is 6.20 Å². The number of halogens is 3. The average molecular weight is 205 g/mol. The topological polar surface area (TPSA) is 22.1 Å². The van der Waals surface area contributed by atoms with Crippen molar-refractivity contribution < 1.29 is 17.9 Å². The van der Waals surface area contributed by atoms with Crippen molar-refractivity contribution >= 4 is 0 Å². The zero-order valence-corrected chi connectivity index (χ0v) is 7.80. The molecule has 0 N–H and O–H groups in total. The van der Waals surface area contributed by atoms with Gasteiger partial charge in [-0.3, -0.25) is 4.98 Å². The molecule has 0 saturated carbocycles. The van der Waals surface area contributed by atoms with Crippen LogP contribution in [0.15, 0.2) is 18.5 Å². The first-order valence-electron chi connectivity index (χ1n) is 4.08. The molecule has 1 aromatic heterocycles. The van der Waals surface area contributed by atoms with Crippen LogP contribution in [0.2, 0.25) is 0 Å². The van der Waals surface area contributed by atoms with E-state index in [9.17, 15) is 13.2 Å². The fourth-order valence-corrected chi connectivity index (χ4v) is 0.910. The van der Waals surface area contributed by atoms with Gasteiger partial charge in [-0.2, -0.15) is 13.2 Å². The Kier molecular flexibility index (Phi) is 2.98. The monoisotopic (exact) mass is 205 g/mol. The number of hydrogen-bond acceptors (Lipinski definition) is 2. The number of nitrogens with zero attached hydrogens (tertiary/aromatic N) is 1. The molecule has 14 heavy (non-hydrogen) atoms. The molecule has 1 aromatic rings. The van der Waals surface area contributed by atoms with Crippen molar-refractivity contribution in [3.05, 3.63) is 24.0 Å². The number of ether oxygens (including phenoxy) is 1. The Bertz CT molecular complexity index is 309. The molecule has 0 aromatic carbocycles. The molecule has 0 amide bonds. The van der Waals surface area contributed by atoms with E-state index in [1.54, 1.807) is 13.8 Å². The number of rotatable bonds is 2. The molecular weight excluding hydrogens is 195 g/mol. The van der Waals surface area contributed by atoms with Crippen LogP contribution < -0.4 is 4.74 Å². The Balaban J connectivity index is 2.90. The highest BCUT2D eigenvalue weighted by Crippen LogP contribution is 2.30. The molecule has 0 aliphatic carbocycles. The number of alkyl halides is 3. The first-order valence-corrected chi connectivity index (χ1v) is 4.08. The molecule has 1 rings (SSSR count). The maximum absolute atomic E-state index is 12.2. The van der Waals surface area contributed by atoms with Crippen molar-refractivity contribution in [1.29, 1.82) is 0 Å². The molecule has 0 atom stereocenters. The van der Waals surface area contributed by atoms with Gasteiger partial charge >= 0.3 is 6.18 Å². The maximum Gasteiger partial charge on any atom is 0.418 e. The van der Waals surface area contributed by atoms with Gasteiger partial charge in [0.05, 0.1) is 17.9 Å². The predicted octanol–water partition coefficient (Wildman–Crippen LogP) is 2.89. The highest BCUT2D eigenvalue weighted by molar-refractivity contribution is 5.25. The van der Waals surface area contributed by atoms with Crippen molar-refractivity contribution in [2.45, 2.75) is 26.1 Å². The molecule has 0 aliphatic heterocycles. The third kappa shape index (κ3) is 2.90. The minimum Gasteiger partial charge on any atom is -0.489 e. The SMILES string of the molecule is CC(C)Oc1cncc(C(F)(F)F)c1. The zero-order valence-electron chi connectivity index (χ0n) is 7.80. The molecule has 0 bridgehead atoms. The lowest BCUT2D eigenvalue weighted by molar-refractivity contribution is -0.138. The molecule has 5 heteroatoms. The number of pyridine rings is 1. The van der Waals surface area contributed by atoms with Crippen molar-refractivity contribution in [2.75, 3.05) is 0 Å². The molecule has 0 fully saturated rings. The summed E-state index contributed by atoms with van der Waals surface area (Å²) in [6.07, 6.45) is -2.51. The van der Waals surface area contributed by atoms with Gasteiger partial charge in [0.25, 0.3) is 0 Å². The fraction of sp³-hybridized carbons (Fsp3) is 0.444. The van der Waals surface area contributed by atoms with Gasteiger partial charge in [-0.05, 0) is 19.9 Å². The lowest BCUT2D eigenvalue weighted by Crippen LogP contribution is -2.09. The van der Waals surface area contributed by atoms with Crippen LogP contribution in [0, 0.1) is 0 Å². The van der Waals surface area contributed by atoms with Gasteiger partial charge in [-0.25, -0.2) is 0 Å². The van der Waals surface area contributed by atoms with Gasteiger partial charge in [0.15, 0.2) is 0 Å². The van der Waals surface area contributed by atoms with E-state index in [4.69, 9.17) is 4.74 Å². The predicted molar refractivity (Wildman–Crippen MR) is 45.0 cm³/mol. The second-order valence-corrected chi connectivity index (χ2v) is 3.07. The molecule has 78 valence electrons. The van der Waals surface area contributed by atoms with Crippen LogP contribution in [0.1, 0.15) is 19.4 Å². The Morgan fingerprint density at radius 1 is 1.29 bits per heavy atom. The third-order valence-corrected chi connectivity index (χ3v) is 1.41. The summed E-state index contributed by atoms with van der Waals surface area (Å²) < 4.78 is 41.7. The van der Waals surface area contributed by atoms with E-state index in [0.29, 0.717) is 0 Å². The first kappa shape index (κ1) is 10.8. The average Bonchev–Trinajstić information content (AvgIpc) is 2.01. The van der Waals surface area contributed by atoms with Crippen molar-refractivity contribution in [2.24, 2.45) is 0 Å². The zero-order chi connectivity index (χ0) is 10.8. The number of hydrogen-bond donors (Lipinski definition) is 0. The standard InChI is InChI=1S/C9H10F3NO/c1-6(2)14-8-3-7(4-13-5-8)9(10,11)12/h3-6H,1-2H3. The van der Waals surface area contributed by atoms with E-state index in [1.807, 2.05) is 0 Å². The van der Waals surface area contributed by atoms with E-state index >= 15 is 0 Å². The van der Waals surface area contributed by atoms with Crippen LogP contribution in [-0.2, 0) is 6.18 Å². The van der Waals surface area contributed by atoms with E-state index < -0.39 is 11.7 Å².